The van der Waals surface area contributed by atoms with Crippen LogP contribution in [0.2, 0.25) is 0 Å². The van der Waals surface area contributed by atoms with E-state index in [0.29, 0.717) is 0 Å². The predicted molar refractivity (Wildman–Crippen MR) is 84.1 cm³/mol. The van der Waals surface area contributed by atoms with Gasteiger partial charge in [-0.3, -0.25) is 4.68 Å². The summed E-state index contributed by atoms with van der Waals surface area (Å²) in [4.78, 5) is 11.6. The van der Waals surface area contributed by atoms with Crippen molar-refractivity contribution in [3.05, 3.63) is 72.1 Å². The van der Waals surface area contributed by atoms with Gasteiger partial charge in [-0.1, -0.05) is 19.9 Å². The Bertz CT molecular complexity index is 868. The minimum atomic E-state index is -0.958. The number of benzene rings is 1. The Hall–Kier alpha value is -2.77. The molecule has 0 fully saturated rings. The van der Waals surface area contributed by atoms with Gasteiger partial charge in [0.1, 0.15) is 30.6 Å². The maximum atomic E-state index is 14.5. The Morgan fingerprint density at radius 2 is 1.92 bits per heavy atom. The second-order valence-electron chi connectivity index (χ2n) is 6.11. The van der Waals surface area contributed by atoms with Crippen molar-refractivity contribution in [1.29, 1.82) is 0 Å². The molecule has 25 heavy (non-hydrogen) atoms. The van der Waals surface area contributed by atoms with Gasteiger partial charge in [0.2, 0.25) is 0 Å². The minimum Gasteiger partial charge on any atom is -0.252 e. The number of hydrogen-bond acceptors (Lipinski definition) is 4. The van der Waals surface area contributed by atoms with Crippen LogP contribution in [-0.4, -0.2) is 24.7 Å². The van der Waals surface area contributed by atoms with E-state index in [-0.39, 0.29) is 17.8 Å². The summed E-state index contributed by atoms with van der Waals surface area (Å²) in [6, 6.07) is 3.37. The van der Waals surface area contributed by atoms with Gasteiger partial charge < -0.3 is 0 Å². The summed E-state index contributed by atoms with van der Waals surface area (Å²) in [6.07, 6.45) is 5.15. The van der Waals surface area contributed by atoms with Crippen molar-refractivity contribution in [2.24, 2.45) is 0 Å². The molecule has 2 atom stereocenters. The maximum absolute atomic E-state index is 14.5. The summed E-state index contributed by atoms with van der Waals surface area (Å²) in [5.74, 6) is -2.50. The molecular formula is C17H16F3N5. The Morgan fingerprint density at radius 3 is 2.56 bits per heavy atom. The monoisotopic (exact) mass is 347 g/mol. The highest BCUT2D eigenvalue weighted by Crippen LogP contribution is 2.41. The quantitative estimate of drug-likeness (QED) is 0.711. The molecule has 0 saturated heterocycles. The summed E-state index contributed by atoms with van der Waals surface area (Å²) in [5, 5.41) is 4.05. The third-order valence-corrected chi connectivity index (χ3v) is 4.57. The van der Waals surface area contributed by atoms with Crippen molar-refractivity contribution in [3.63, 3.8) is 0 Å². The highest BCUT2D eigenvalue weighted by molar-refractivity contribution is 5.32. The highest BCUT2D eigenvalue weighted by atomic mass is 19.1. The molecule has 2 aromatic heterocycles. The van der Waals surface area contributed by atoms with Gasteiger partial charge in [-0.15, -0.1) is 0 Å². The van der Waals surface area contributed by atoms with Crippen molar-refractivity contribution in [2.75, 3.05) is 0 Å². The third kappa shape index (κ3) is 3.24. The van der Waals surface area contributed by atoms with E-state index in [1.165, 1.54) is 35.8 Å². The third-order valence-electron chi connectivity index (χ3n) is 4.57. The lowest BCUT2D eigenvalue weighted by Gasteiger charge is -2.36. The number of aromatic nitrogens is 5. The maximum Gasteiger partial charge on any atom is 0.163 e. The van der Waals surface area contributed by atoms with E-state index in [4.69, 9.17) is 0 Å². The predicted octanol–water partition coefficient (Wildman–Crippen LogP) is 3.25. The van der Waals surface area contributed by atoms with Crippen LogP contribution >= 0.6 is 0 Å². The molecule has 3 rings (SSSR count). The molecule has 0 bridgehead atoms. The van der Waals surface area contributed by atoms with Crippen LogP contribution in [0.4, 0.5) is 13.2 Å². The first-order valence-electron chi connectivity index (χ1n) is 7.65. The van der Waals surface area contributed by atoms with Crippen molar-refractivity contribution in [2.45, 2.75) is 31.7 Å². The van der Waals surface area contributed by atoms with Crippen LogP contribution in [0.3, 0.4) is 0 Å². The lowest BCUT2D eigenvalue weighted by Crippen LogP contribution is -2.36. The van der Waals surface area contributed by atoms with E-state index in [9.17, 15) is 13.2 Å². The zero-order chi connectivity index (χ0) is 18.0. The van der Waals surface area contributed by atoms with E-state index in [1.54, 1.807) is 13.8 Å². The summed E-state index contributed by atoms with van der Waals surface area (Å²) in [7, 11) is 0. The van der Waals surface area contributed by atoms with Gasteiger partial charge in [0, 0.05) is 17.4 Å². The summed E-state index contributed by atoms with van der Waals surface area (Å²) in [6.45, 7) is 3.71. The van der Waals surface area contributed by atoms with Crippen LogP contribution in [-0.2, 0) is 12.0 Å². The molecule has 1 unspecified atom stereocenters. The van der Waals surface area contributed by atoms with E-state index < -0.39 is 28.8 Å². The van der Waals surface area contributed by atoms with Crippen LogP contribution in [0.25, 0.3) is 0 Å². The van der Waals surface area contributed by atoms with Crippen LogP contribution in [0.1, 0.15) is 31.0 Å². The molecule has 0 spiro atoms. The fourth-order valence-electron chi connectivity index (χ4n) is 3.00. The van der Waals surface area contributed by atoms with Crippen molar-refractivity contribution >= 4 is 0 Å². The van der Waals surface area contributed by atoms with E-state index in [2.05, 4.69) is 20.1 Å². The molecule has 3 aromatic rings. The average Bonchev–Trinajstić information content (AvgIpc) is 3.07. The van der Waals surface area contributed by atoms with Crippen LogP contribution in [0.15, 0.2) is 43.4 Å². The van der Waals surface area contributed by atoms with Crippen LogP contribution < -0.4 is 0 Å². The average molecular weight is 347 g/mol. The Labute approximate surface area is 142 Å². The Morgan fingerprint density at radius 1 is 1.12 bits per heavy atom. The fourth-order valence-corrected chi connectivity index (χ4v) is 3.00. The van der Waals surface area contributed by atoms with Gasteiger partial charge in [-0.05, 0) is 11.6 Å². The molecule has 5 nitrogen and oxygen atoms in total. The van der Waals surface area contributed by atoms with Crippen molar-refractivity contribution < 1.29 is 13.2 Å². The molecule has 8 heteroatoms. The normalized spacial score (nSPS) is 14.9. The van der Waals surface area contributed by atoms with Gasteiger partial charge in [0.25, 0.3) is 0 Å². The Balaban J connectivity index is 2.13. The molecule has 2 heterocycles. The van der Waals surface area contributed by atoms with Gasteiger partial charge >= 0.3 is 0 Å². The zero-order valence-electron chi connectivity index (χ0n) is 13.7. The number of hydrogen-bond donors (Lipinski definition) is 0. The first-order valence-corrected chi connectivity index (χ1v) is 7.65. The van der Waals surface area contributed by atoms with Crippen molar-refractivity contribution in [3.8, 4) is 0 Å². The highest BCUT2D eigenvalue weighted by Gasteiger charge is 2.39. The summed E-state index contributed by atoms with van der Waals surface area (Å²) < 4.78 is 43.6. The molecule has 0 N–H and O–H groups in total. The van der Waals surface area contributed by atoms with Crippen molar-refractivity contribution in [1.82, 2.24) is 24.7 Å². The number of nitrogens with zero attached hydrogens (tertiary/aromatic N) is 5. The molecule has 0 aliphatic heterocycles. The lowest BCUT2D eigenvalue weighted by molar-refractivity contribution is 0.300. The van der Waals surface area contributed by atoms with Crippen LogP contribution in [0, 0.1) is 17.5 Å². The zero-order valence-corrected chi connectivity index (χ0v) is 13.7. The summed E-state index contributed by atoms with van der Waals surface area (Å²) in [5.41, 5.74) is -0.558. The molecule has 0 aliphatic carbocycles. The first-order chi connectivity index (χ1) is 11.9. The van der Waals surface area contributed by atoms with E-state index in [1.807, 2.05) is 0 Å². The molecule has 0 amide bonds. The molecular weight excluding hydrogens is 331 g/mol. The van der Waals surface area contributed by atoms with Gasteiger partial charge in [0.05, 0.1) is 18.4 Å². The molecule has 0 saturated carbocycles. The summed E-state index contributed by atoms with van der Waals surface area (Å²) >= 11 is 0. The standard InChI is InChI=1S/C17H16F3N5/c1-11(16-15(20)6-21-8-23-16)17(2,7-25-10-22-9-24-25)13-4-3-12(18)5-14(13)19/h3-6,8-11H,7H2,1-2H3/t11?,17-/m0/s1. The molecule has 130 valence electrons. The van der Waals surface area contributed by atoms with Crippen LogP contribution in [0.5, 0.6) is 0 Å². The van der Waals surface area contributed by atoms with Gasteiger partial charge in [-0.25, -0.2) is 28.1 Å². The molecule has 1 aromatic carbocycles. The largest absolute Gasteiger partial charge is 0.252 e. The second-order valence-corrected chi connectivity index (χ2v) is 6.11. The fraction of sp³-hybridized carbons (Fsp3) is 0.294. The number of halogens is 3. The van der Waals surface area contributed by atoms with E-state index in [0.717, 1.165) is 12.3 Å². The SMILES string of the molecule is CC(c1ncncc1F)[C@](C)(Cn1cncn1)c1ccc(F)cc1F. The lowest BCUT2D eigenvalue weighted by atomic mass is 9.70. The first kappa shape index (κ1) is 17.1. The molecule has 0 radical (unpaired) electrons. The molecule has 0 aliphatic rings. The minimum absolute atomic E-state index is 0.154. The van der Waals surface area contributed by atoms with E-state index >= 15 is 0 Å². The topological polar surface area (TPSA) is 56.5 Å². The van der Waals surface area contributed by atoms with Gasteiger partial charge in [-0.2, -0.15) is 5.10 Å². The van der Waals surface area contributed by atoms with Gasteiger partial charge in [0.15, 0.2) is 5.82 Å². The Kier molecular flexibility index (Phi) is 4.52. The number of rotatable bonds is 5. The smallest absolute Gasteiger partial charge is 0.163 e. The second kappa shape index (κ2) is 6.62.